The molecule has 1 heterocycles. The van der Waals surface area contributed by atoms with Crippen LogP contribution in [0.3, 0.4) is 0 Å². The molecule has 1 aliphatic rings. The van der Waals surface area contributed by atoms with Crippen molar-refractivity contribution in [1.29, 1.82) is 0 Å². The van der Waals surface area contributed by atoms with Crippen LogP contribution in [0, 0.1) is 19.3 Å². The lowest BCUT2D eigenvalue weighted by molar-refractivity contribution is -0.124. The number of aliphatic imine (C=N–C) groups is 2. The maximum atomic E-state index is 12.1. The van der Waals surface area contributed by atoms with Crippen LogP contribution in [0.1, 0.15) is 79.5 Å². The third-order valence-electron chi connectivity index (χ3n) is 6.83. The molecular weight excluding hydrogens is 436 g/mol. The van der Waals surface area contributed by atoms with Gasteiger partial charge in [-0.25, -0.2) is 4.99 Å². The zero-order valence-corrected chi connectivity index (χ0v) is 22.2. The highest BCUT2D eigenvalue weighted by Crippen LogP contribution is 2.35. The number of hydrogen-bond donors (Lipinski definition) is 1. The normalized spacial score (nSPS) is 15.5. The van der Waals surface area contributed by atoms with E-state index in [2.05, 4.69) is 55.1 Å². The molecule has 186 valence electrons. The van der Waals surface area contributed by atoms with E-state index < -0.39 is 0 Å². The summed E-state index contributed by atoms with van der Waals surface area (Å²) in [5, 5.41) is 2.66. The van der Waals surface area contributed by atoms with Crippen LogP contribution in [-0.2, 0) is 28.9 Å². The van der Waals surface area contributed by atoms with Crippen molar-refractivity contribution < 1.29 is 9.59 Å². The van der Waals surface area contributed by atoms with E-state index in [0.717, 1.165) is 52.8 Å². The molecule has 1 aromatic heterocycles. The Bertz CT molecular complexity index is 1170. The maximum absolute atomic E-state index is 12.1. The molecule has 0 radical (unpaired) electrons. The molecule has 0 spiro atoms. The fraction of sp³-hybridized carbons (Fsp3) is 0.483. The maximum Gasteiger partial charge on any atom is 0.220 e. The summed E-state index contributed by atoms with van der Waals surface area (Å²) in [6, 6.07) is 4.19. The van der Waals surface area contributed by atoms with Gasteiger partial charge in [0.05, 0.1) is 6.54 Å². The van der Waals surface area contributed by atoms with Crippen LogP contribution in [0.4, 0.5) is 0 Å². The second kappa shape index (κ2) is 11.1. The fourth-order valence-electron chi connectivity index (χ4n) is 4.89. The molecule has 6 heteroatoms. The molecule has 0 atom stereocenters. The molecule has 0 saturated carbocycles. The summed E-state index contributed by atoms with van der Waals surface area (Å²) in [7, 11) is 1.77. The number of pyridine rings is 1. The van der Waals surface area contributed by atoms with Gasteiger partial charge in [-0.15, -0.1) is 0 Å². The van der Waals surface area contributed by atoms with Crippen molar-refractivity contribution in [1.82, 2.24) is 10.3 Å². The number of amides is 1. The Hall–Kier alpha value is -3.15. The molecular formula is C29H38N4O2. The molecule has 35 heavy (non-hydrogen) atoms. The zero-order chi connectivity index (χ0) is 25.8. The Labute approximate surface area is 209 Å². The highest BCUT2D eigenvalue weighted by atomic mass is 16.2. The van der Waals surface area contributed by atoms with E-state index in [9.17, 15) is 9.59 Å². The first kappa shape index (κ1) is 26.5. The first-order valence-corrected chi connectivity index (χ1v) is 12.4. The Morgan fingerprint density at radius 3 is 2.43 bits per heavy atom. The van der Waals surface area contributed by atoms with Crippen molar-refractivity contribution in [2.45, 2.75) is 73.6 Å². The monoisotopic (exact) mass is 474 g/mol. The number of carbonyl (C=O) groups is 2. The minimum Gasteiger partial charge on any atom is -0.349 e. The first-order valence-electron chi connectivity index (χ1n) is 12.4. The second-order valence-electron chi connectivity index (χ2n) is 10.5. The quantitative estimate of drug-likeness (QED) is 0.465. The van der Waals surface area contributed by atoms with Crippen LogP contribution in [0.2, 0.25) is 0 Å². The topological polar surface area (TPSA) is 83.8 Å². The van der Waals surface area contributed by atoms with Gasteiger partial charge in [0, 0.05) is 42.7 Å². The van der Waals surface area contributed by atoms with E-state index in [0.29, 0.717) is 24.1 Å². The Morgan fingerprint density at radius 2 is 1.80 bits per heavy atom. The molecule has 0 unspecified atom stereocenters. The lowest BCUT2D eigenvalue weighted by Gasteiger charge is -2.32. The summed E-state index contributed by atoms with van der Waals surface area (Å²) in [5.74, 6) is 0.531. The van der Waals surface area contributed by atoms with E-state index >= 15 is 0 Å². The number of hydrogen-bond acceptors (Lipinski definition) is 4. The number of fused-ring (bicyclic) bond motifs is 1. The van der Waals surface area contributed by atoms with Gasteiger partial charge >= 0.3 is 0 Å². The largest absolute Gasteiger partial charge is 0.349 e. The molecule has 0 fully saturated rings. The van der Waals surface area contributed by atoms with Crippen LogP contribution in [0.5, 0.6) is 0 Å². The number of ketones is 1. The molecule has 3 rings (SSSR count). The minimum atomic E-state index is -0.109. The number of aromatic nitrogens is 1. The van der Waals surface area contributed by atoms with E-state index in [1.54, 1.807) is 7.05 Å². The number of benzene rings is 1. The zero-order valence-electron chi connectivity index (χ0n) is 22.2. The molecule has 0 saturated heterocycles. The summed E-state index contributed by atoms with van der Waals surface area (Å²) in [4.78, 5) is 37.1. The van der Waals surface area contributed by atoms with E-state index in [1.165, 1.54) is 18.1 Å². The predicted molar refractivity (Wildman–Crippen MR) is 143 cm³/mol. The number of nitrogens with one attached hydrogen (secondary N) is 1. The molecule has 1 aromatic carbocycles. The van der Waals surface area contributed by atoms with Gasteiger partial charge in [-0.2, -0.15) is 0 Å². The molecule has 2 aromatic rings. The summed E-state index contributed by atoms with van der Waals surface area (Å²) >= 11 is 0. The number of carbonyl (C=O) groups excluding carboxylic acids is 2. The number of rotatable bonds is 7. The van der Waals surface area contributed by atoms with Crippen molar-refractivity contribution in [3.8, 4) is 0 Å². The predicted octanol–water partition coefficient (Wildman–Crippen LogP) is 4.74. The smallest absolute Gasteiger partial charge is 0.220 e. The third kappa shape index (κ3) is 6.71. The number of aryl methyl sites for hydroxylation is 2. The highest BCUT2D eigenvalue weighted by molar-refractivity contribution is 6.12. The van der Waals surface area contributed by atoms with Crippen molar-refractivity contribution >= 4 is 23.2 Å². The lowest BCUT2D eigenvalue weighted by atomic mass is 9.74. The average Bonchev–Trinajstić information content (AvgIpc) is 2.79. The number of Topliss-reactive ketones (excluding diaryl/α,β-unsaturated/α-hetero) is 1. The Morgan fingerprint density at radius 1 is 1.11 bits per heavy atom. The van der Waals surface area contributed by atoms with Crippen LogP contribution < -0.4 is 5.32 Å². The molecule has 0 bridgehead atoms. The second-order valence-corrected chi connectivity index (χ2v) is 10.5. The first-order chi connectivity index (χ1) is 16.5. The van der Waals surface area contributed by atoms with Crippen LogP contribution in [0.15, 0.2) is 34.5 Å². The van der Waals surface area contributed by atoms with Crippen LogP contribution in [-0.4, -0.2) is 41.8 Å². The average molecular weight is 475 g/mol. The van der Waals surface area contributed by atoms with E-state index in [-0.39, 0.29) is 18.2 Å². The lowest BCUT2D eigenvalue weighted by Crippen LogP contribution is -2.28. The highest BCUT2D eigenvalue weighted by Gasteiger charge is 2.27. The van der Waals surface area contributed by atoms with Gasteiger partial charge in [0.15, 0.2) is 5.84 Å². The van der Waals surface area contributed by atoms with Crippen LogP contribution in [0.25, 0.3) is 0 Å². The summed E-state index contributed by atoms with van der Waals surface area (Å²) in [6.45, 7) is 12.3. The van der Waals surface area contributed by atoms with Gasteiger partial charge in [-0.3, -0.25) is 19.6 Å². The third-order valence-corrected chi connectivity index (χ3v) is 6.83. The Kier molecular flexibility index (Phi) is 8.36. The Balaban J connectivity index is 1.82. The summed E-state index contributed by atoms with van der Waals surface area (Å²) in [5.41, 5.74) is 9.35. The van der Waals surface area contributed by atoms with Crippen molar-refractivity contribution in [3.63, 3.8) is 0 Å². The van der Waals surface area contributed by atoms with Crippen LogP contribution >= 0.6 is 0 Å². The van der Waals surface area contributed by atoms with Gasteiger partial charge < -0.3 is 5.32 Å². The summed E-state index contributed by atoms with van der Waals surface area (Å²) in [6.07, 6.45) is 8.15. The fourth-order valence-corrected chi connectivity index (χ4v) is 4.89. The SMILES string of the molecule is CN=C(N=C(C)c1cncc2c1CCC(C)(C)C2)c1cc(C)c(CCC(=O)NCC(C)=O)c(C)c1. The van der Waals surface area contributed by atoms with Crippen molar-refractivity contribution in [2.24, 2.45) is 15.4 Å². The van der Waals surface area contributed by atoms with Gasteiger partial charge in [0.25, 0.3) is 0 Å². The molecule has 1 aliphatic carbocycles. The van der Waals surface area contributed by atoms with E-state index in [4.69, 9.17) is 4.99 Å². The molecule has 1 amide bonds. The van der Waals surface area contributed by atoms with Gasteiger partial charge in [0.1, 0.15) is 5.78 Å². The van der Waals surface area contributed by atoms with Crippen molar-refractivity contribution in [3.05, 3.63) is 63.5 Å². The molecule has 6 nitrogen and oxygen atoms in total. The van der Waals surface area contributed by atoms with Crippen molar-refractivity contribution in [2.75, 3.05) is 13.6 Å². The van der Waals surface area contributed by atoms with E-state index in [1.807, 2.05) is 19.3 Å². The van der Waals surface area contributed by atoms with Gasteiger partial charge in [-0.05, 0) is 98.7 Å². The molecule has 1 N–H and O–H groups in total. The van der Waals surface area contributed by atoms with Gasteiger partial charge in [0.2, 0.25) is 5.91 Å². The number of amidine groups is 1. The number of nitrogens with zero attached hydrogens (tertiary/aromatic N) is 3. The summed E-state index contributed by atoms with van der Waals surface area (Å²) < 4.78 is 0. The molecule has 0 aliphatic heterocycles. The van der Waals surface area contributed by atoms with Gasteiger partial charge in [-0.1, -0.05) is 13.8 Å². The minimum absolute atomic E-state index is 0.0482. The standard InChI is InChI=1S/C29H38N4O2/c1-18-12-22(13-19(2)24(18)8-9-27(35)32-15-20(3)34)28(30-7)33-21(4)26-17-31-16-23-14-29(5,6)11-10-25(23)26/h12-13,16-17H,8-11,14-15H2,1-7H3,(H,32,35).